The summed E-state index contributed by atoms with van der Waals surface area (Å²) in [5, 5.41) is 4.07. The molecule has 7 nitrogen and oxygen atoms in total. The quantitative estimate of drug-likeness (QED) is 0.117. The number of para-hydroxylation sites is 1. The van der Waals surface area contributed by atoms with Gasteiger partial charge >= 0.3 is 6.01 Å². The van der Waals surface area contributed by atoms with Crippen molar-refractivity contribution in [2.75, 3.05) is 16.5 Å². The number of aromatic amines is 1. The fourth-order valence-electron chi connectivity index (χ4n) is 5.86. The summed E-state index contributed by atoms with van der Waals surface area (Å²) in [6.45, 7) is 7.10. The number of hydrogen-bond donors (Lipinski definition) is 1. The molecule has 1 aliphatic heterocycles. The summed E-state index contributed by atoms with van der Waals surface area (Å²) in [7, 11) is 0.941. The van der Waals surface area contributed by atoms with Crippen molar-refractivity contribution in [1.82, 2.24) is 9.97 Å². The second-order valence-electron chi connectivity index (χ2n) is 11.0. The summed E-state index contributed by atoms with van der Waals surface area (Å²) in [5.74, 6) is 1.90. The SMILES string of the molecule is CCN(OP(c1ccccc1)c1ccccc1)c1nc2c(o1)C(C)C(C)N2c1cccc(-c2cccc3c2[nH]c[n+]3C)c1. The van der Waals surface area contributed by atoms with E-state index in [4.69, 9.17) is 14.0 Å². The van der Waals surface area contributed by atoms with Gasteiger partial charge in [0.2, 0.25) is 6.33 Å². The Labute approximate surface area is 253 Å². The van der Waals surface area contributed by atoms with E-state index in [0.717, 1.165) is 39.0 Å². The van der Waals surface area contributed by atoms with Crippen LogP contribution in [0.5, 0.6) is 0 Å². The number of imidazole rings is 1. The van der Waals surface area contributed by atoms with Gasteiger partial charge in [-0.15, -0.1) is 0 Å². The molecule has 0 aliphatic carbocycles. The van der Waals surface area contributed by atoms with Gasteiger partial charge in [-0.2, -0.15) is 4.98 Å². The third-order valence-corrected chi connectivity index (χ3v) is 10.2. The molecule has 0 spiro atoms. The largest absolute Gasteiger partial charge is 0.424 e. The Hall–Kier alpha value is -4.45. The number of hydroxylamine groups is 1. The number of nitrogens with zero attached hydrogens (tertiary/aromatic N) is 4. The van der Waals surface area contributed by atoms with Crippen LogP contribution >= 0.6 is 8.15 Å². The Morgan fingerprint density at radius 2 is 1.63 bits per heavy atom. The first-order chi connectivity index (χ1) is 21.0. The summed E-state index contributed by atoms with van der Waals surface area (Å²) in [6, 6.07) is 36.5. The third-order valence-electron chi connectivity index (χ3n) is 8.32. The highest BCUT2D eigenvalue weighted by molar-refractivity contribution is 7.68. The maximum Gasteiger partial charge on any atom is 0.324 e. The highest BCUT2D eigenvalue weighted by atomic mass is 31.1. The summed E-state index contributed by atoms with van der Waals surface area (Å²) >= 11 is 0. The zero-order chi connectivity index (χ0) is 29.5. The highest BCUT2D eigenvalue weighted by Crippen LogP contribution is 2.48. The van der Waals surface area contributed by atoms with Crippen LogP contribution in [0.2, 0.25) is 0 Å². The summed E-state index contributed by atoms with van der Waals surface area (Å²) in [6.07, 6.45) is 1.99. The van der Waals surface area contributed by atoms with Gasteiger partial charge in [-0.25, -0.2) is 19.2 Å². The molecule has 216 valence electrons. The first kappa shape index (κ1) is 27.4. The molecular formula is C35H35N5O2P+. The van der Waals surface area contributed by atoms with Crippen LogP contribution in [0, 0.1) is 0 Å². The van der Waals surface area contributed by atoms with Gasteiger partial charge < -0.3 is 9.32 Å². The van der Waals surface area contributed by atoms with Gasteiger partial charge in [-0.3, -0.25) is 0 Å². The van der Waals surface area contributed by atoms with Crippen molar-refractivity contribution < 1.29 is 13.6 Å². The van der Waals surface area contributed by atoms with E-state index in [2.05, 4.69) is 133 Å². The van der Waals surface area contributed by atoms with E-state index in [1.54, 1.807) is 0 Å². The normalized spacial score (nSPS) is 16.3. The van der Waals surface area contributed by atoms with Crippen molar-refractivity contribution in [3.05, 3.63) is 115 Å². The minimum absolute atomic E-state index is 0.161. The average molecular weight is 589 g/mol. The minimum Gasteiger partial charge on any atom is -0.424 e. The van der Waals surface area contributed by atoms with Crippen LogP contribution in [0.3, 0.4) is 0 Å². The van der Waals surface area contributed by atoms with Crippen molar-refractivity contribution >= 4 is 47.3 Å². The maximum atomic E-state index is 6.74. The van der Waals surface area contributed by atoms with Gasteiger partial charge in [0.15, 0.2) is 22.6 Å². The Morgan fingerprint density at radius 1 is 0.930 bits per heavy atom. The zero-order valence-corrected chi connectivity index (χ0v) is 25.7. The van der Waals surface area contributed by atoms with Gasteiger partial charge in [0.05, 0.1) is 7.05 Å². The van der Waals surface area contributed by atoms with Gasteiger partial charge in [0.1, 0.15) is 8.15 Å². The molecule has 3 heterocycles. The molecule has 0 saturated carbocycles. The van der Waals surface area contributed by atoms with E-state index in [1.807, 2.05) is 23.5 Å². The number of aromatic nitrogens is 3. The summed E-state index contributed by atoms with van der Waals surface area (Å²) in [4.78, 5) is 10.8. The van der Waals surface area contributed by atoms with Crippen molar-refractivity contribution in [2.45, 2.75) is 32.7 Å². The number of hydrogen-bond acceptors (Lipinski definition) is 5. The first-order valence-corrected chi connectivity index (χ1v) is 16.0. The molecule has 2 aromatic heterocycles. The summed E-state index contributed by atoms with van der Waals surface area (Å²) < 4.78 is 15.4. The van der Waals surface area contributed by atoms with Gasteiger partial charge in [0.25, 0.3) is 0 Å². The van der Waals surface area contributed by atoms with Crippen molar-refractivity contribution in [3.63, 3.8) is 0 Å². The lowest BCUT2D eigenvalue weighted by atomic mass is 10.0. The lowest BCUT2D eigenvalue weighted by molar-refractivity contribution is -0.644. The number of nitrogens with one attached hydrogen (secondary N) is 1. The van der Waals surface area contributed by atoms with E-state index in [1.165, 1.54) is 11.1 Å². The van der Waals surface area contributed by atoms with Crippen LogP contribution in [-0.4, -0.2) is 22.6 Å². The Bertz CT molecular complexity index is 1830. The predicted octanol–water partition coefficient (Wildman–Crippen LogP) is 7.10. The highest BCUT2D eigenvalue weighted by Gasteiger charge is 2.40. The molecular weight excluding hydrogens is 553 g/mol. The summed E-state index contributed by atoms with van der Waals surface area (Å²) in [5.41, 5.74) is 5.70. The molecule has 0 radical (unpaired) electrons. The second kappa shape index (κ2) is 11.3. The molecule has 0 amide bonds. The number of oxazole rings is 1. The van der Waals surface area contributed by atoms with Crippen LogP contribution in [0.15, 0.2) is 114 Å². The molecule has 43 heavy (non-hydrogen) atoms. The number of fused-ring (bicyclic) bond motifs is 2. The van der Waals surface area contributed by atoms with E-state index in [9.17, 15) is 0 Å². The molecule has 0 fully saturated rings. The number of H-pyrrole nitrogens is 1. The molecule has 0 saturated heterocycles. The lowest BCUT2D eigenvalue weighted by Crippen LogP contribution is -2.28. The van der Waals surface area contributed by atoms with Crippen LogP contribution in [0.25, 0.3) is 22.2 Å². The van der Waals surface area contributed by atoms with Crippen LogP contribution in [0.4, 0.5) is 17.5 Å². The van der Waals surface area contributed by atoms with Crippen LogP contribution in [-0.2, 0) is 11.7 Å². The number of rotatable bonds is 8. The molecule has 2 unspecified atom stereocenters. The second-order valence-corrected chi connectivity index (χ2v) is 12.7. The molecule has 0 bridgehead atoms. The van der Waals surface area contributed by atoms with Gasteiger partial charge in [-0.05, 0) is 43.7 Å². The van der Waals surface area contributed by atoms with Gasteiger partial charge in [0, 0.05) is 40.4 Å². The van der Waals surface area contributed by atoms with E-state index in [-0.39, 0.29) is 12.0 Å². The van der Waals surface area contributed by atoms with Crippen molar-refractivity contribution in [1.29, 1.82) is 0 Å². The van der Waals surface area contributed by atoms with Crippen LogP contribution < -0.4 is 25.1 Å². The fraction of sp³-hybridized carbons (Fsp3) is 0.200. The first-order valence-electron chi connectivity index (χ1n) is 14.8. The van der Waals surface area contributed by atoms with E-state index < -0.39 is 8.15 Å². The molecule has 8 heteroatoms. The lowest BCUT2D eigenvalue weighted by Gasteiger charge is -2.27. The molecule has 1 aliphatic rings. The standard InChI is InChI=1S/C35H34N5O2P/c1-5-39(42-43(28-16-8-6-9-17-28)29-18-10-7-11-19-29)35-37-34-33(41-35)24(2)25(3)40(34)27-15-12-14-26(22-27)30-20-13-21-31-32(30)36-23-38(31)4/h6-25H,5H2,1-4H3/p+1. The Balaban J connectivity index is 1.24. The zero-order valence-electron chi connectivity index (χ0n) is 24.8. The molecule has 1 N–H and O–H groups in total. The average Bonchev–Trinajstić information content (AvgIpc) is 3.72. The fourth-order valence-corrected chi connectivity index (χ4v) is 7.61. The third kappa shape index (κ3) is 4.89. The number of anilines is 3. The van der Waals surface area contributed by atoms with Crippen molar-refractivity contribution in [3.8, 4) is 11.1 Å². The smallest absolute Gasteiger partial charge is 0.324 e. The van der Waals surface area contributed by atoms with Crippen molar-refractivity contribution in [2.24, 2.45) is 7.05 Å². The van der Waals surface area contributed by atoms with E-state index in [0.29, 0.717) is 12.6 Å². The number of benzene rings is 4. The molecule has 2 atom stereocenters. The Kier molecular flexibility index (Phi) is 7.21. The maximum absolute atomic E-state index is 6.74. The topological polar surface area (TPSA) is 61.4 Å². The molecule has 4 aromatic carbocycles. The monoisotopic (exact) mass is 588 g/mol. The predicted molar refractivity (Wildman–Crippen MR) is 175 cm³/mol. The molecule has 6 aromatic rings. The number of aryl methyl sites for hydroxylation is 1. The van der Waals surface area contributed by atoms with E-state index >= 15 is 0 Å². The molecule has 7 rings (SSSR count). The van der Waals surface area contributed by atoms with Crippen LogP contribution in [0.1, 0.15) is 32.4 Å². The minimum atomic E-state index is -1.12. The van der Waals surface area contributed by atoms with Gasteiger partial charge in [-0.1, -0.05) is 85.8 Å². The Morgan fingerprint density at radius 3 is 2.33 bits per heavy atom.